The number of carboxylic acids is 2. The van der Waals surface area contributed by atoms with E-state index in [4.69, 9.17) is 16.3 Å². The molecule has 1 heterocycles. The molecule has 0 amide bonds. The van der Waals surface area contributed by atoms with E-state index < -0.39 is 17.9 Å². The Morgan fingerprint density at radius 2 is 1.35 bits per heavy atom. The number of allylic oxidation sites excluding steroid dienone is 2. The first-order chi connectivity index (χ1) is 17.8. The Morgan fingerprint density at radius 3 is 1.81 bits per heavy atom. The lowest BCUT2D eigenvalue weighted by Crippen LogP contribution is -2.36. The van der Waals surface area contributed by atoms with Crippen LogP contribution in [0.15, 0.2) is 107 Å². The molecule has 0 saturated carbocycles. The van der Waals surface area contributed by atoms with E-state index in [0.717, 1.165) is 11.1 Å². The van der Waals surface area contributed by atoms with Crippen LogP contribution in [0, 0.1) is 0 Å². The standard InChI is InChI=1S/C30H28ClNO5/c1-19-25(29(33)34)27(23-14-9-15-24(31)18-23)26(30(35)36)20(2)32(19)16-17-37-28(21-10-5-3-6-11-21)22-12-7-4-8-13-22/h3-15,18,27-28H,16-17H2,1-2H3,(H,33,34)(H,35,36). The van der Waals surface area contributed by atoms with Gasteiger partial charge in [-0.3, -0.25) is 0 Å². The van der Waals surface area contributed by atoms with E-state index in [2.05, 4.69) is 0 Å². The number of halogens is 1. The van der Waals surface area contributed by atoms with Gasteiger partial charge in [-0.05, 0) is 42.7 Å². The van der Waals surface area contributed by atoms with Crippen molar-refractivity contribution in [1.29, 1.82) is 0 Å². The zero-order valence-electron chi connectivity index (χ0n) is 20.6. The highest BCUT2D eigenvalue weighted by Crippen LogP contribution is 2.42. The molecule has 3 aromatic carbocycles. The molecular weight excluding hydrogens is 490 g/mol. The van der Waals surface area contributed by atoms with Gasteiger partial charge in [0.1, 0.15) is 6.10 Å². The van der Waals surface area contributed by atoms with Crippen LogP contribution in [0.25, 0.3) is 0 Å². The predicted molar refractivity (Wildman–Crippen MR) is 142 cm³/mol. The number of benzene rings is 3. The van der Waals surface area contributed by atoms with Gasteiger partial charge in [0, 0.05) is 23.0 Å². The van der Waals surface area contributed by atoms with Crippen LogP contribution < -0.4 is 0 Å². The molecule has 0 aliphatic carbocycles. The zero-order valence-corrected chi connectivity index (χ0v) is 21.4. The molecule has 0 fully saturated rings. The van der Waals surface area contributed by atoms with Crippen LogP contribution in [0.5, 0.6) is 0 Å². The van der Waals surface area contributed by atoms with Gasteiger partial charge in [-0.15, -0.1) is 0 Å². The molecule has 4 rings (SSSR count). The fourth-order valence-corrected chi connectivity index (χ4v) is 5.12. The summed E-state index contributed by atoms with van der Waals surface area (Å²) in [6, 6.07) is 26.3. The van der Waals surface area contributed by atoms with Gasteiger partial charge < -0.3 is 19.8 Å². The Balaban J connectivity index is 1.66. The largest absolute Gasteiger partial charge is 0.478 e. The Kier molecular flexibility index (Phi) is 8.11. The second-order valence-corrected chi connectivity index (χ2v) is 9.26. The van der Waals surface area contributed by atoms with E-state index in [1.807, 2.05) is 60.7 Å². The van der Waals surface area contributed by atoms with Gasteiger partial charge in [0.05, 0.1) is 23.7 Å². The Bertz CT molecular complexity index is 1270. The van der Waals surface area contributed by atoms with Crippen molar-refractivity contribution in [1.82, 2.24) is 4.90 Å². The Hall–Kier alpha value is -3.87. The van der Waals surface area contributed by atoms with Crippen molar-refractivity contribution in [3.8, 4) is 0 Å². The number of hydrogen-bond donors (Lipinski definition) is 2. The first-order valence-electron chi connectivity index (χ1n) is 11.9. The summed E-state index contributed by atoms with van der Waals surface area (Å²) in [6.07, 6.45) is -0.321. The summed E-state index contributed by atoms with van der Waals surface area (Å²) in [4.78, 5) is 26.6. The monoisotopic (exact) mass is 517 g/mol. The van der Waals surface area contributed by atoms with Crippen LogP contribution in [-0.4, -0.2) is 40.2 Å². The SMILES string of the molecule is CC1=C(C(=O)O)C(c2cccc(Cl)c2)C(C(=O)O)=C(C)N1CCOC(c1ccccc1)c1ccccc1. The number of hydrogen-bond acceptors (Lipinski definition) is 4. The molecule has 3 aromatic rings. The number of ether oxygens (including phenoxy) is 1. The van der Waals surface area contributed by atoms with E-state index in [0.29, 0.717) is 22.0 Å². The second-order valence-electron chi connectivity index (χ2n) is 8.82. The third-order valence-corrected chi connectivity index (χ3v) is 6.85. The van der Waals surface area contributed by atoms with Crippen molar-refractivity contribution in [3.05, 3.63) is 129 Å². The van der Waals surface area contributed by atoms with Gasteiger partial charge >= 0.3 is 11.9 Å². The summed E-state index contributed by atoms with van der Waals surface area (Å²) in [5.41, 5.74) is 3.46. The molecule has 0 atom stereocenters. The van der Waals surface area contributed by atoms with Crippen LogP contribution >= 0.6 is 11.6 Å². The fraction of sp³-hybridized carbons (Fsp3) is 0.200. The number of carbonyl (C=O) groups is 2. The van der Waals surface area contributed by atoms with Crippen molar-refractivity contribution in [2.75, 3.05) is 13.2 Å². The molecule has 0 bridgehead atoms. The molecular formula is C30H28ClNO5. The quantitative estimate of drug-likeness (QED) is 0.348. The molecule has 0 unspecified atom stereocenters. The minimum absolute atomic E-state index is 0.00735. The lowest BCUT2D eigenvalue weighted by molar-refractivity contribution is -0.133. The van der Waals surface area contributed by atoms with E-state index in [9.17, 15) is 19.8 Å². The molecule has 7 heteroatoms. The zero-order chi connectivity index (χ0) is 26.5. The number of nitrogens with zero attached hydrogens (tertiary/aromatic N) is 1. The van der Waals surface area contributed by atoms with Crippen molar-refractivity contribution >= 4 is 23.5 Å². The van der Waals surface area contributed by atoms with Crippen molar-refractivity contribution in [2.45, 2.75) is 25.9 Å². The minimum atomic E-state index is -1.17. The highest BCUT2D eigenvalue weighted by molar-refractivity contribution is 6.30. The van der Waals surface area contributed by atoms with Gasteiger partial charge in [0.15, 0.2) is 0 Å². The van der Waals surface area contributed by atoms with E-state index in [1.54, 1.807) is 43.0 Å². The minimum Gasteiger partial charge on any atom is -0.478 e. The number of aliphatic carboxylic acids is 2. The summed E-state index contributed by atoms with van der Waals surface area (Å²) < 4.78 is 6.33. The fourth-order valence-electron chi connectivity index (χ4n) is 4.92. The van der Waals surface area contributed by atoms with Gasteiger partial charge in [-0.1, -0.05) is 84.4 Å². The van der Waals surface area contributed by atoms with Gasteiger partial charge in [0.25, 0.3) is 0 Å². The molecule has 0 aromatic heterocycles. The maximum absolute atomic E-state index is 12.4. The summed E-state index contributed by atoms with van der Waals surface area (Å²) in [5, 5.41) is 20.7. The Labute approximate surface area is 221 Å². The smallest absolute Gasteiger partial charge is 0.334 e. The number of carboxylic acid groups (broad SMARTS) is 2. The molecule has 0 saturated heterocycles. The average Bonchev–Trinajstić information content (AvgIpc) is 2.88. The van der Waals surface area contributed by atoms with Gasteiger partial charge in [-0.25, -0.2) is 9.59 Å². The van der Waals surface area contributed by atoms with Gasteiger partial charge in [0.2, 0.25) is 0 Å². The van der Waals surface area contributed by atoms with Crippen LogP contribution in [0.4, 0.5) is 0 Å². The van der Waals surface area contributed by atoms with Crippen molar-refractivity contribution < 1.29 is 24.5 Å². The van der Waals surface area contributed by atoms with Crippen molar-refractivity contribution in [3.63, 3.8) is 0 Å². The van der Waals surface area contributed by atoms with E-state index >= 15 is 0 Å². The maximum atomic E-state index is 12.4. The normalized spacial score (nSPS) is 14.4. The highest BCUT2D eigenvalue weighted by Gasteiger charge is 2.39. The third kappa shape index (κ3) is 5.61. The second kappa shape index (κ2) is 11.5. The Morgan fingerprint density at radius 1 is 0.838 bits per heavy atom. The van der Waals surface area contributed by atoms with Crippen LogP contribution in [0.2, 0.25) is 5.02 Å². The van der Waals surface area contributed by atoms with Crippen LogP contribution in [-0.2, 0) is 14.3 Å². The van der Waals surface area contributed by atoms with Crippen LogP contribution in [0.1, 0.15) is 42.6 Å². The predicted octanol–water partition coefficient (Wildman–Crippen LogP) is 6.26. The highest BCUT2D eigenvalue weighted by atomic mass is 35.5. The van der Waals surface area contributed by atoms with Gasteiger partial charge in [-0.2, -0.15) is 0 Å². The summed E-state index contributed by atoms with van der Waals surface area (Å²) in [6.45, 7) is 3.93. The average molecular weight is 518 g/mol. The first kappa shape index (κ1) is 26.2. The topological polar surface area (TPSA) is 87.1 Å². The van der Waals surface area contributed by atoms with Crippen LogP contribution in [0.3, 0.4) is 0 Å². The molecule has 0 spiro atoms. The first-order valence-corrected chi connectivity index (χ1v) is 12.3. The summed E-state index contributed by atoms with van der Waals surface area (Å²) in [7, 11) is 0. The lowest BCUT2D eigenvalue weighted by atomic mass is 9.80. The number of rotatable bonds is 9. The summed E-state index contributed by atoms with van der Waals surface area (Å²) in [5.74, 6) is -3.30. The molecule has 1 aliphatic heterocycles. The van der Waals surface area contributed by atoms with E-state index in [1.165, 1.54) is 0 Å². The lowest BCUT2D eigenvalue weighted by Gasteiger charge is -2.37. The molecule has 6 nitrogen and oxygen atoms in total. The van der Waals surface area contributed by atoms with E-state index in [-0.39, 0.29) is 30.4 Å². The maximum Gasteiger partial charge on any atom is 0.334 e. The molecule has 0 radical (unpaired) electrons. The molecule has 37 heavy (non-hydrogen) atoms. The molecule has 2 N–H and O–H groups in total. The molecule has 190 valence electrons. The third-order valence-electron chi connectivity index (χ3n) is 6.61. The van der Waals surface area contributed by atoms with Crippen molar-refractivity contribution in [2.24, 2.45) is 0 Å². The summed E-state index contributed by atoms with van der Waals surface area (Å²) >= 11 is 6.17. The molecule has 1 aliphatic rings.